The van der Waals surface area contributed by atoms with E-state index in [2.05, 4.69) is 23.2 Å². The molecule has 4 nitrogen and oxygen atoms in total. The first-order chi connectivity index (χ1) is 9.71. The number of benzene rings is 1. The third-order valence-corrected chi connectivity index (χ3v) is 3.83. The Bertz CT molecular complexity index is 503. The summed E-state index contributed by atoms with van der Waals surface area (Å²) in [5.41, 5.74) is 1.25. The van der Waals surface area contributed by atoms with Gasteiger partial charge < -0.3 is 5.32 Å². The van der Waals surface area contributed by atoms with Crippen molar-refractivity contribution in [3.63, 3.8) is 0 Å². The van der Waals surface area contributed by atoms with E-state index in [-0.39, 0.29) is 5.91 Å². The molecular weight excluding hydrogens is 250 g/mol. The van der Waals surface area contributed by atoms with Gasteiger partial charge >= 0.3 is 0 Å². The summed E-state index contributed by atoms with van der Waals surface area (Å²) in [5, 5.41) is 11.7. The van der Waals surface area contributed by atoms with Crippen LogP contribution in [0, 0.1) is 17.2 Å². The Kier molecular flexibility index (Phi) is 5.14. The van der Waals surface area contributed by atoms with Gasteiger partial charge in [-0.1, -0.05) is 19.4 Å². The molecule has 4 heteroatoms. The maximum atomic E-state index is 12.0. The Morgan fingerprint density at radius 1 is 1.50 bits per heavy atom. The van der Waals surface area contributed by atoms with Gasteiger partial charge in [0, 0.05) is 12.2 Å². The molecule has 1 aromatic carbocycles. The molecule has 0 aromatic heterocycles. The Balaban J connectivity index is 1.85. The smallest absolute Gasteiger partial charge is 0.238 e. The lowest BCUT2D eigenvalue weighted by molar-refractivity contribution is -0.117. The summed E-state index contributed by atoms with van der Waals surface area (Å²) in [6.07, 6.45) is 3.92. The fourth-order valence-electron chi connectivity index (χ4n) is 2.42. The van der Waals surface area contributed by atoms with Gasteiger partial charge in [-0.3, -0.25) is 9.69 Å². The van der Waals surface area contributed by atoms with Gasteiger partial charge in [0.2, 0.25) is 5.91 Å². The Labute approximate surface area is 120 Å². The molecule has 0 spiro atoms. The monoisotopic (exact) mass is 271 g/mol. The SMILES string of the molecule is CCN(CC(=O)Nc1cccc(C#N)c1)CC1CCC1. The number of rotatable bonds is 6. The number of nitrogens with zero attached hydrogens (tertiary/aromatic N) is 2. The summed E-state index contributed by atoms with van der Waals surface area (Å²) in [7, 11) is 0. The summed E-state index contributed by atoms with van der Waals surface area (Å²) in [4.78, 5) is 14.2. The van der Waals surface area contributed by atoms with E-state index in [4.69, 9.17) is 5.26 Å². The number of amides is 1. The van der Waals surface area contributed by atoms with Gasteiger partial charge in [-0.2, -0.15) is 5.26 Å². The second-order valence-electron chi connectivity index (χ2n) is 5.37. The van der Waals surface area contributed by atoms with Crippen LogP contribution in [0.1, 0.15) is 31.7 Å². The summed E-state index contributed by atoms with van der Waals surface area (Å²) in [6, 6.07) is 9.08. The van der Waals surface area contributed by atoms with Crippen LogP contribution in [0.2, 0.25) is 0 Å². The van der Waals surface area contributed by atoms with Crippen LogP contribution < -0.4 is 5.32 Å². The molecular formula is C16H21N3O. The van der Waals surface area contributed by atoms with Crippen LogP contribution >= 0.6 is 0 Å². The topological polar surface area (TPSA) is 56.1 Å². The number of anilines is 1. The van der Waals surface area contributed by atoms with Gasteiger partial charge in [0.25, 0.3) is 0 Å². The van der Waals surface area contributed by atoms with Crippen molar-refractivity contribution in [3.05, 3.63) is 29.8 Å². The minimum absolute atomic E-state index is 0.0127. The molecule has 2 rings (SSSR count). The van der Waals surface area contributed by atoms with Gasteiger partial charge in [-0.05, 0) is 43.5 Å². The van der Waals surface area contributed by atoms with E-state index in [0.717, 1.165) is 19.0 Å². The molecule has 1 saturated carbocycles. The molecule has 1 fully saturated rings. The molecule has 0 atom stereocenters. The summed E-state index contributed by atoms with van der Waals surface area (Å²) >= 11 is 0. The molecule has 0 saturated heterocycles. The van der Waals surface area contributed by atoms with Crippen molar-refractivity contribution in [2.45, 2.75) is 26.2 Å². The molecule has 106 valence electrons. The van der Waals surface area contributed by atoms with Crippen LogP contribution in [0.15, 0.2) is 24.3 Å². The first-order valence-electron chi connectivity index (χ1n) is 7.23. The summed E-state index contributed by atoms with van der Waals surface area (Å²) in [6.45, 7) is 4.41. The van der Waals surface area contributed by atoms with Gasteiger partial charge in [0.1, 0.15) is 0 Å². The first-order valence-corrected chi connectivity index (χ1v) is 7.23. The molecule has 0 heterocycles. The highest BCUT2D eigenvalue weighted by Crippen LogP contribution is 2.26. The van der Waals surface area contributed by atoms with E-state index < -0.39 is 0 Å². The van der Waals surface area contributed by atoms with Crippen LogP contribution in [-0.2, 0) is 4.79 Å². The number of carbonyl (C=O) groups is 1. The van der Waals surface area contributed by atoms with Crippen molar-refractivity contribution in [3.8, 4) is 6.07 Å². The number of nitrogens with one attached hydrogen (secondary N) is 1. The Morgan fingerprint density at radius 2 is 2.30 bits per heavy atom. The average molecular weight is 271 g/mol. The number of carbonyl (C=O) groups excluding carboxylic acids is 1. The lowest BCUT2D eigenvalue weighted by Gasteiger charge is -2.31. The van der Waals surface area contributed by atoms with Crippen molar-refractivity contribution in [2.75, 3.05) is 25.0 Å². The van der Waals surface area contributed by atoms with Crippen LogP contribution in [0.3, 0.4) is 0 Å². The fourth-order valence-corrected chi connectivity index (χ4v) is 2.42. The maximum Gasteiger partial charge on any atom is 0.238 e. The number of hydrogen-bond acceptors (Lipinski definition) is 3. The zero-order valence-electron chi connectivity index (χ0n) is 11.9. The first kappa shape index (κ1) is 14.5. The van der Waals surface area contributed by atoms with E-state index in [1.54, 1.807) is 24.3 Å². The quantitative estimate of drug-likeness (QED) is 0.865. The van der Waals surface area contributed by atoms with Crippen LogP contribution in [0.5, 0.6) is 0 Å². The second-order valence-corrected chi connectivity index (χ2v) is 5.37. The molecule has 1 N–H and O–H groups in total. The summed E-state index contributed by atoms with van der Waals surface area (Å²) in [5.74, 6) is 0.755. The molecule has 0 bridgehead atoms. The van der Waals surface area contributed by atoms with Gasteiger partial charge in [-0.25, -0.2) is 0 Å². The third kappa shape index (κ3) is 4.07. The van der Waals surface area contributed by atoms with E-state index in [1.807, 2.05) is 0 Å². The highest BCUT2D eigenvalue weighted by molar-refractivity contribution is 5.92. The molecule has 1 aromatic rings. The van der Waals surface area contributed by atoms with Crippen LogP contribution in [-0.4, -0.2) is 30.4 Å². The minimum Gasteiger partial charge on any atom is -0.325 e. The molecule has 0 aliphatic heterocycles. The normalized spacial score (nSPS) is 14.7. The second kappa shape index (κ2) is 7.06. The lowest BCUT2D eigenvalue weighted by atomic mass is 9.85. The molecule has 1 aliphatic rings. The van der Waals surface area contributed by atoms with E-state index >= 15 is 0 Å². The van der Waals surface area contributed by atoms with E-state index in [1.165, 1.54) is 19.3 Å². The van der Waals surface area contributed by atoms with E-state index in [9.17, 15) is 4.79 Å². The highest BCUT2D eigenvalue weighted by Gasteiger charge is 2.21. The molecule has 0 radical (unpaired) electrons. The Hall–Kier alpha value is -1.86. The standard InChI is InChI=1S/C16H21N3O/c1-2-19(11-13-5-3-6-13)12-16(20)18-15-8-4-7-14(9-15)10-17/h4,7-9,13H,2-3,5-6,11-12H2,1H3,(H,18,20). The van der Waals surface area contributed by atoms with Gasteiger partial charge in [0.05, 0.1) is 18.2 Å². The molecule has 0 unspecified atom stereocenters. The zero-order chi connectivity index (χ0) is 14.4. The van der Waals surface area contributed by atoms with E-state index in [0.29, 0.717) is 17.8 Å². The number of likely N-dealkylation sites (N-methyl/N-ethyl adjacent to an activating group) is 1. The van der Waals surface area contributed by atoms with Gasteiger partial charge in [0.15, 0.2) is 0 Å². The maximum absolute atomic E-state index is 12.0. The predicted molar refractivity (Wildman–Crippen MR) is 79.2 cm³/mol. The summed E-state index contributed by atoms with van der Waals surface area (Å²) < 4.78 is 0. The predicted octanol–water partition coefficient (Wildman–Crippen LogP) is 2.62. The zero-order valence-corrected chi connectivity index (χ0v) is 11.9. The van der Waals surface area contributed by atoms with Crippen molar-refractivity contribution in [1.82, 2.24) is 4.90 Å². The van der Waals surface area contributed by atoms with Crippen molar-refractivity contribution >= 4 is 11.6 Å². The molecule has 1 aliphatic carbocycles. The number of hydrogen-bond donors (Lipinski definition) is 1. The van der Waals surface area contributed by atoms with Crippen molar-refractivity contribution < 1.29 is 4.79 Å². The van der Waals surface area contributed by atoms with Crippen LogP contribution in [0.4, 0.5) is 5.69 Å². The molecule has 20 heavy (non-hydrogen) atoms. The largest absolute Gasteiger partial charge is 0.325 e. The van der Waals surface area contributed by atoms with Gasteiger partial charge in [-0.15, -0.1) is 0 Å². The highest BCUT2D eigenvalue weighted by atomic mass is 16.2. The lowest BCUT2D eigenvalue weighted by Crippen LogP contribution is -2.38. The Morgan fingerprint density at radius 3 is 2.90 bits per heavy atom. The molecule has 1 amide bonds. The van der Waals surface area contributed by atoms with Crippen molar-refractivity contribution in [2.24, 2.45) is 5.92 Å². The van der Waals surface area contributed by atoms with Crippen LogP contribution in [0.25, 0.3) is 0 Å². The third-order valence-electron chi connectivity index (χ3n) is 3.83. The van der Waals surface area contributed by atoms with Crippen molar-refractivity contribution in [1.29, 1.82) is 5.26 Å². The minimum atomic E-state index is -0.0127. The average Bonchev–Trinajstić information content (AvgIpc) is 2.41. The number of nitriles is 1. The fraction of sp³-hybridized carbons (Fsp3) is 0.500.